The number of nitrogens with one attached hydrogen (secondary N) is 2. The van der Waals surface area contributed by atoms with Gasteiger partial charge in [-0.1, -0.05) is 30.3 Å². The van der Waals surface area contributed by atoms with Crippen LogP contribution in [-0.2, 0) is 0 Å². The molecule has 1 unspecified atom stereocenters. The number of halogens is 1. The van der Waals surface area contributed by atoms with Gasteiger partial charge < -0.3 is 10.6 Å². The second-order valence-electron chi connectivity index (χ2n) is 6.19. The maximum atomic E-state index is 4.83. The minimum atomic E-state index is 0. The Labute approximate surface area is 158 Å². The lowest BCUT2D eigenvalue weighted by molar-refractivity contribution is 0.251. The van der Waals surface area contributed by atoms with E-state index in [2.05, 4.69) is 66.6 Å². The maximum Gasteiger partial charge on any atom is 0.191 e. The van der Waals surface area contributed by atoms with E-state index >= 15 is 0 Å². The third-order valence-electron chi connectivity index (χ3n) is 3.96. The van der Waals surface area contributed by atoms with Crippen LogP contribution in [-0.4, -0.2) is 43.1 Å². The molecular weight excluding hydrogens is 399 g/mol. The highest BCUT2D eigenvalue weighted by Gasteiger charge is 2.23. The molecule has 0 aromatic heterocycles. The molecule has 0 amide bonds. The zero-order chi connectivity index (χ0) is 15.8. The van der Waals surface area contributed by atoms with Gasteiger partial charge in [0.15, 0.2) is 5.96 Å². The lowest BCUT2D eigenvalue weighted by Crippen LogP contribution is -2.41. The molecule has 4 nitrogen and oxygen atoms in total. The van der Waals surface area contributed by atoms with Gasteiger partial charge in [0.05, 0.1) is 12.6 Å². The summed E-state index contributed by atoms with van der Waals surface area (Å²) in [7, 11) is 0. The minimum absolute atomic E-state index is 0. The summed E-state index contributed by atoms with van der Waals surface area (Å²) in [5, 5.41) is 6.73. The molecule has 1 aliphatic heterocycles. The molecule has 5 heteroatoms. The molecule has 2 rings (SSSR count). The second-order valence-corrected chi connectivity index (χ2v) is 6.19. The zero-order valence-corrected chi connectivity index (χ0v) is 16.9. The number of benzene rings is 1. The smallest absolute Gasteiger partial charge is 0.191 e. The second kappa shape index (κ2) is 10.9. The summed E-state index contributed by atoms with van der Waals surface area (Å²) in [6.07, 6.45) is 2.61. The Balaban J connectivity index is 0.00000264. The fourth-order valence-electron chi connectivity index (χ4n) is 2.93. The number of nitrogens with zero attached hydrogens (tertiary/aromatic N) is 2. The van der Waals surface area contributed by atoms with Crippen LogP contribution < -0.4 is 10.6 Å². The van der Waals surface area contributed by atoms with Crippen molar-refractivity contribution in [1.29, 1.82) is 0 Å². The normalized spacial score (nSPS) is 17.0. The van der Waals surface area contributed by atoms with Crippen LogP contribution >= 0.6 is 24.0 Å². The molecule has 2 N–H and O–H groups in total. The van der Waals surface area contributed by atoms with Crippen LogP contribution in [0.25, 0.3) is 0 Å². The Morgan fingerprint density at radius 3 is 2.39 bits per heavy atom. The van der Waals surface area contributed by atoms with Gasteiger partial charge in [-0.25, -0.2) is 0 Å². The molecular formula is C18H31IN4. The fourth-order valence-corrected chi connectivity index (χ4v) is 2.93. The topological polar surface area (TPSA) is 39.7 Å². The van der Waals surface area contributed by atoms with E-state index in [1.54, 1.807) is 0 Å². The van der Waals surface area contributed by atoms with Crippen molar-refractivity contribution in [3.63, 3.8) is 0 Å². The van der Waals surface area contributed by atoms with Gasteiger partial charge in [-0.3, -0.25) is 9.89 Å². The van der Waals surface area contributed by atoms with Crippen molar-refractivity contribution in [2.24, 2.45) is 4.99 Å². The minimum Gasteiger partial charge on any atom is -0.357 e. The van der Waals surface area contributed by atoms with Crippen molar-refractivity contribution < 1.29 is 0 Å². The highest BCUT2D eigenvalue weighted by atomic mass is 127. The van der Waals surface area contributed by atoms with Crippen molar-refractivity contribution in [3.05, 3.63) is 35.9 Å². The van der Waals surface area contributed by atoms with Crippen LogP contribution in [0.4, 0.5) is 0 Å². The molecule has 23 heavy (non-hydrogen) atoms. The van der Waals surface area contributed by atoms with Crippen LogP contribution in [0.15, 0.2) is 35.3 Å². The molecule has 130 valence electrons. The predicted octanol–water partition coefficient (Wildman–Crippen LogP) is 3.41. The van der Waals surface area contributed by atoms with E-state index in [1.165, 1.54) is 31.5 Å². The summed E-state index contributed by atoms with van der Waals surface area (Å²) in [4.78, 5) is 7.39. The SMILES string of the molecule is CCNC(=NCC(c1ccccc1)N1CCCC1)NC(C)C.I. The van der Waals surface area contributed by atoms with Gasteiger partial charge in [-0.15, -0.1) is 24.0 Å². The van der Waals surface area contributed by atoms with Crippen LogP contribution in [0.3, 0.4) is 0 Å². The van der Waals surface area contributed by atoms with Crippen LogP contribution in [0.1, 0.15) is 45.2 Å². The molecule has 0 aliphatic carbocycles. The molecule has 1 atom stereocenters. The first-order valence-electron chi connectivity index (χ1n) is 8.54. The van der Waals surface area contributed by atoms with Crippen molar-refractivity contribution in [2.45, 2.75) is 45.7 Å². The number of hydrogen-bond donors (Lipinski definition) is 2. The molecule has 1 heterocycles. The van der Waals surface area contributed by atoms with Crippen molar-refractivity contribution in [3.8, 4) is 0 Å². The zero-order valence-electron chi connectivity index (χ0n) is 14.6. The monoisotopic (exact) mass is 430 g/mol. The Kier molecular flexibility index (Phi) is 9.55. The molecule has 0 radical (unpaired) electrons. The lowest BCUT2D eigenvalue weighted by Gasteiger charge is -2.27. The maximum absolute atomic E-state index is 4.83. The Bertz CT molecular complexity index is 455. The predicted molar refractivity (Wildman–Crippen MR) is 110 cm³/mol. The van der Waals surface area contributed by atoms with Gasteiger partial charge in [0.1, 0.15) is 0 Å². The van der Waals surface area contributed by atoms with Crippen molar-refractivity contribution in [1.82, 2.24) is 15.5 Å². The Hall–Kier alpha value is -0.820. The fraction of sp³-hybridized carbons (Fsp3) is 0.611. The van der Waals surface area contributed by atoms with Gasteiger partial charge in [0, 0.05) is 12.6 Å². The van der Waals surface area contributed by atoms with Crippen LogP contribution in [0, 0.1) is 0 Å². The lowest BCUT2D eigenvalue weighted by atomic mass is 10.1. The molecule has 0 spiro atoms. The standard InChI is InChI=1S/C18H30N4.HI/c1-4-19-18(21-15(2)3)20-14-17(22-12-8-9-13-22)16-10-6-5-7-11-16;/h5-7,10-11,15,17H,4,8-9,12-14H2,1-3H3,(H2,19,20,21);1H. The molecule has 1 saturated heterocycles. The van der Waals surface area contributed by atoms with Gasteiger partial charge in [-0.2, -0.15) is 0 Å². The summed E-state index contributed by atoms with van der Waals surface area (Å²) < 4.78 is 0. The summed E-state index contributed by atoms with van der Waals surface area (Å²) in [6.45, 7) is 10.4. The molecule has 0 bridgehead atoms. The molecule has 1 aromatic carbocycles. The van der Waals surface area contributed by atoms with E-state index in [4.69, 9.17) is 4.99 Å². The van der Waals surface area contributed by atoms with Gasteiger partial charge in [0.2, 0.25) is 0 Å². The average molecular weight is 430 g/mol. The van der Waals surface area contributed by atoms with Gasteiger partial charge >= 0.3 is 0 Å². The van der Waals surface area contributed by atoms with E-state index in [-0.39, 0.29) is 24.0 Å². The molecule has 1 aliphatic rings. The van der Waals surface area contributed by atoms with Crippen molar-refractivity contribution >= 4 is 29.9 Å². The average Bonchev–Trinajstić information content (AvgIpc) is 3.02. The highest BCUT2D eigenvalue weighted by Crippen LogP contribution is 2.25. The summed E-state index contributed by atoms with van der Waals surface area (Å²) in [5.74, 6) is 0.914. The number of rotatable bonds is 6. The third-order valence-corrected chi connectivity index (χ3v) is 3.96. The largest absolute Gasteiger partial charge is 0.357 e. The quantitative estimate of drug-likeness (QED) is 0.413. The van der Waals surface area contributed by atoms with Gasteiger partial charge in [-0.05, 0) is 52.3 Å². The number of aliphatic imine (C=N–C) groups is 1. The Morgan fingerprint density at radius 2 is 1.83 bits per heavy atom. The van der Waals surface area contributed by atoms with Crippen LogP contribution in [0.2, 0.25) is 0 Å². The number of guanidine groups is 1. The summed E-state index contributed by atoms with van der Waals surface area (Å²) >= 11 is 0. The van der Waals surface area contributed by atoms with E-state index in [9.17, 15) is 0 Å². The first-order chi connectivity index (χ1) is 10.7. The Morgan fingerprint density at radius 1 is 1.17 bits per heavy atom. The van der Waals surface area contributed by atoms with Crippen LogP contribution in [0.5, 0.6) is 0 Å². The van der Waals surface area contributed by atoms with E-state index in [0.717, 1.165) is 19.0 Å². The van der Waals surface area contributed by atoms with E-state index in [1.807, 2.05) is 0 Å². The number of hydrogen-bond acceptors (Lipinski definition) is 2. The first-order valence-corrected chi connectivity index (χ1v) is 8.54. The van der Waals surface area contributed by atoms with Crippen molar-refractivity contribution in [2.75, 3.05) is 26.2 Å². The van der Waals surface area contributed by atoms with E-state index < -0.39 is 0 Å². The number of likely N-dealkylation sites (tertiary alicyclic amines) is 1. The third kappa shape index (κ3) is 6.67. The van der Waals surface area contributed by atoms with E-state index in [0.29, 0.717) is 12.1 Å². The summed E-state index contributed by atoms with van der Waals surface area (Å²) in [6, 6.07) is 11.5. The molecule has 1 aromatic rings. The van der Waals surface area contributed by atoms with Gasteiger partial charge in [0.25, 0.3) is 0 Å². The molecule has 1 fully saturated rings. The molecule has 0 saturated carbocycles. The summed E-state index contributed by atoms with van der Waals surface area (Å²) in [5.41, 5.74) is 1.37. The highest BCUT2D eigenvalue weighted by molar-refractivity contribution is 14.0. The first kappa shape index (κ1) is 20.2.